The molecule has 4 rings (SSSR count). The minimum absolute atomic E-state index is 0.0852. The molecular formula is C29H34F3N3. The van der Waals surface area contributed by atoms with E-state index in [9.17, 15) is 18.4 Å². The Bertz CT molecular complexity index is 1110. The topological polar surface area (TPSA) is 48.7 Å². The molecule has 0 aliphatic heterocycles. The van der Waals surface area contributed by atoms with Gasteiger partial charge in [0.25, 0.3) is 0 Å². The molecule has 0 bridgehead atoms. The zero-order valence-electron chi connectivity index (χ0n) is 20.8. The molecule has 3 atom stereocenters. The lowest BCUT2D eigenvalue weighted by molar-refractivity contribution is -0.151. The Morgan fingerprint density at radius 1 is 1.14 bits per heavy atom. The van der Waals surface area contributed by atoms with Crippen molar-refractivity contribution in [3.8, 4) is 6.07 Å². The van der Waals surface area contributed by atoms with E-state index in [-0.39, 0.29) is 6.54 Å². The molecule has 186 valence electrons. The summed E-state index contributed by atoms with van der Waals surface area (Å²) in [5.41, 5.74) is 6.43. The Labute approximate surface area is 206 Å². The van der Waals surface area contributed by atoms with Crippen molar-refractivity contribution < 1.29 is 13.2 Å². The van der Waals surface area contributed by atoms with E-state index in [1.54, 1.807) is 6.20 Å². The Balaban J connectivity index is 1.70. The van der Waals surface area contributed by atoms with Gasteiger partial charge < -0.3 is 5.32 Å². The molecule has 1 fully saturated rings. The van der Waals surface area contributed by atoms with Crippen molar-refractivity contribution >= 4 is 11.1 Å². The number of nitriles is 1. The van der Waals surface area contributed by atoms with Crippen molar-refractivity contribution in [3.05, 3.63) is 64.5 Å². The van der Waals surface area contributed by atoms with Gasteiger partial charge in [0.15, 0.2) is 0 Å². The Hall–Kier alpha value is -2.65. The van der Waals surface area contributed by atoms with Gasteiger partial charge in [-0.3, -0.25) is 4.98 Å². The summed E-state index contributed by atoms with van der Waals surface area (Å²) in [6, 6.07) is 11.0. The van der Waals surface area contributed by atoms with Crippen LogP contribution in [0.5, 0.6) is 0 Å². The summed E-state index contributed by atoms with van der Waals surface area (Å²) in [5.74, 6) is 1.38. The number of nitrogens with one attached hydrogen (secondary N) is 1. The number of allylic oxidation sites excluding steroid dienone is 2. The first-order valence-corrected chi connectivity index (χ1v) is 12.7. The van der Waals surface area contributed by atoms with Crippen molar-refractivity contribution in [1.82, 2.24) is 10.3 Å². The van der Waals surface area contributed by atoms with Gasteiger partial charge in [-0.25, -0.2) is 0 Å². The first-order chi connectivity index (χ1) is 16.7. The van der Waals surface area contributed by atoms with Crippen LogP contribution in [0.1, 0.15) is 86.2 Å². The van der Waals surface area contributed by atoms with E-state index in [1.165, 1.54) is 37.7 Å². The molecule has 1 N–H and O–H groups in total. The van der Waals surface area contributed by atoms with Gasteiger partial charge in [-0.1, -0.05) is 68.9 Å². The minimum atomic E-state index is -4.28. The highest BCUT2D eigenvalue weighted by Crippen LogP contribution is 2.48. The highest BCUT2D eigenvalue weighted by Gasteiger charge is 2.36. The fourth-order valence-electron chi connectivity index (χ4n) is 5.78. The lowest BCUT2D eigenvalue weighted by Crippen LogP contribution is -2.39. The maximum atomic E-state index is 12.8. The summed E-state index contributed by atoms with van der Waals surface area (Å²) >= 11 is 0. The molecule has 1 heterocycles. The molecule has 3 unspecified atom stereocenters. The van der Waals surface area contributed by atoms with Gasteiger partial charge in [-0.2, -0.15) is 18.4 Å². The van der Waals surface area contributed by atoms with Crippen molar-refractivity contribution in [3.63, 3.8) is 0 Å². The van der Waals surface area contributed by atoms with Crippen LogP contribution in [0.2, 0.25) is 0 Å². The number of benzene rings is 1. The van der Waals surface area contributed by atoms with Crippen LogP contribution in [0, 0.1) is 30.1 Å². The highest BCUT2D eigenvalue weighted by molar-refractivity contribution is 5.98. The van der Waals surface area contributed by atoms with E-state index in [0.29, 0.717) is 28.9 Å². The van der Waals surface area contributed by atoms with Crippen LogP contribution in [-0.2, 0) is 6.54 Å². The van der Waals surface area contributed by atoms with E-state index >= 15 is 0 Å². The molecule has 6 heteroatoms. The quantitative estimate of drug-likeness (QED) is 0.479. The highest BCUT2D eigenvalue weighted by atomic mass is 19.4. The maximum absolute atomic E-state index is 12.8. The van der Waals surface area contributed by atoms with Gasteiger partial charge in [-0.05, 0) is 66.4 Å². The summed E-state index contributed by atoms with van der Waals surface area (Å²) in [7, 11) is 0. The Morgan fingerprint density at radius 2 is 1.89 bits per heavy atom. The Morgan fingerprint density at radius 3 is 2.51 bits per heavy atom. The largest absolute Gasteiger partial charge is 0.403 e. The van der Waals surface area contributed by atoms with E-state index < -0.39 is 12.2 Å². The monoisotopic (exact) mass is 481 g/mol. The predicted molar refractivity (Wildman–Crippen MR) is 133 cm³/mol. The lowest BCUT2D eigenvalue weighted by Gasteiger charge is -2.34. The number of hydrogen-bond acceptors (Lipinski definition) is 3. The first-order valence-electron chi connectivity index (χ1n) is 12.7. The molecule has 0 radical (unpaired) electrons. The van der Waals surface area contributed by atoms with Crippen molar-refractivity contribution in [2.24, 2.45) is 11.8 Å². The van der Waals surface area contributed by atoms with Gasteiger partial charge in [0.2, 0.25) is 0 Å². The van der Waals surface area contributed by atoms with Gasteiger partial charge in [0.1, 0.15) is 12.1 Å². The molecule has 1 saturated carbocycles. The summed E-state index contributed by atoms with van der Waals surface area (Å²) in [6.07, 6.45) is 4.40. The van der Waals surface area contributed by atoms with Gasteiger partial charge in [0, 0.05) is 12.7 Å². The number of halogens is 3. The van der Waals surface area contributed by atoms with Crippen LogP contribution in [0.4, 0.5) is 13.2 Å². The molecule has 2 aliphatic rings. The predicted octanol–water partition coefficient (Wildman–Crippen LogP) is 7.57. The molecule has 35 heavy (non-hydrogen) atoms. The van der Waals surface area contributed by atoms with Gasteiger partial charge >= 0.3 is 6.18 Å². The fraction of sp³-hybridized carbons (Fsp3) is 0.517. The first kappa shape index (κ1) is 25.4. The van der Waals surface area contributed by atoms with Gasteiger partial charge in [0.05, 0.1) is 11.3 Å². The third kappa shape index (κ3) is 5.62. The lowest BCUT2D eigenvalue weighted by atomic mass is 9.70. The molecule has 0 spiro atoms. The summed E-state index contributed by atoms with van der Waals surface area (Å²) in [5, 5.41) is 12.8. The van der Waals surface area contributed by atoms with Crippen molar-refractivity contribution in [2.75, 3.05) is 0 Å². The number of pyridine rings is 1. The van der Waals surface area contributed by atoms with E-state index in [4.69, 9.17) is 0 Å². The van der Waals surface area contributed by atoms with Crippen LogP contribution in [0.25, 0.3) is 11.1 Å². The maximum Gasteiger partial charge on any atom is 0.403 e. The SMILES string of the molecule is Cc1ccc2c(c1)C(C#N)=C(c1ccc(CNC(C)C(F)(F)F)cn1)CC(C1CCCCC1)C2C. The second-order valence-electron chi connectivity index (χ2n) is 10.3. The summed E-state index contributed by atoms with van der Waals surface area (Å²) < 4.78 is 38.5. The average Bonchev–Trinajstić information content (AvgIpc) is 2.96. The number of alkyl halides is 3. The van der Waals surface area contributed by atoms with Crippen molar-refractivity contribution in [2.45, 2.75) is 84.0 Å². The number of fused-ring (bicyclic) bond motifs is 1. The smallest absolute Gasteiger partial charge is 0.302 e. The normalized spacial score (nSPS) is 22.3. The number of aryl methyl sites for hydroxylation is 1. The van der Waals surface area contributed by atoms with Crippen LogP contribution in [-0.4, -0.2) is 17.2 Å². The molecule has 2 aliphatic carbocycles. The molecule has 3 nitrogen and oxygen atoms in total. The third-order valence-electron chi connectivity index (χ3n) is 7.96. The van der Waals surface area contributed by atoms with Gasteiger partial charge in [-0.15, -0.1) is 0 Å². The zero-order chi connectivity index (χ0) is 25.2. The number of nitrogens with zero attached hydrogens (tertiary/aromatic N) is 2. The molecule has 0 saturated heterocycles. The second kappa shape index (κ2) is 10.5. The van der Waals surface area contributed by atoms with E-state index in [2.05, 4.69) is 41.5 Å². The molecule has 1 aromatic heterocycles. The fourth-order valence-corrected chi connectivity index (χ4v) is 5.78. The summed E-state index contributed by atoms with van der Waals surface area (Å²) in [4.78, 5) is 4.65. The van der Waals surface area contributed by atoms with Crippen LogP contribution in [0.3, 0.4) is 0 Å². The molecule has 2 aromatic rings. The van der Waals surface area contributed by atoms with E-state index in [1.807, 2.05) is 19.1 Å². The van der Waals surface area contributed by atoms with E-state index in [0.717, 1.165) is 35.7 Å². The molecule has 0 amide bonds. The third-order valence-corrected chi connectivity index (χ3v) is 7.96. The standard InChI is InChI=1S/C29H34F3N3/c1-18-9-11-23-19(2)24(22-7-5-4-6-8-22)14-26(27(15-33)25(23)13-18)28-12-10-21(17-35-28)16-34-20(3)29(30,31)32/h9-13,17,19-20,22,24,34H,4-8,14,16H2,1-3H3. The molecule has 1 aromatic carbocycles. The Kier molecular flexibility index (Phi) is 7.66. The summed E-state index contributed by atoms with van der Waals surface area (Å²) in [6.45, 7) is 5.55. The number of aromatic nitrogens is 1. The van der Waals surface area contributed by atoms with Crippen LogP contribution >= 0.6 is 0 Å². The molecular weight excluding hydrogens is 447 g/mol. The van der Waals surface area contributed by atoms with Crippen LogP contribution < -0.4 is 5.32 Å². The number of hydrogen-bond donors (Lipinski definition) is 1. The number of rotatable bonds is 5. The second-order valence-corrected chi connectivity index (χ2v) is 10.3. The van der Waals surface area contributed by atoms with Crippen LogP contribution in [0.15, 0.2) is 36.5 Å². The average molecular weight is 482 g/mol. The minimum Gasteiger partial charge on any atom is -0.302 e. The zero-order valence-corrected chi connectivity index (χ0v) is 20.8. The van der Waals surface area contributed by atoms with Crippen molar-refractivity contribution in [1.29, 1.82) is 5.26 Å².